The van der Waals surface area contributed by atoms with Crippen LogP contribution < -0.4 is 10.6 Å². The highest BCUT2D eigenvalue weighted by Gasteiger charge is 2.32. The quantitative estimate of drug-likeness (QED) is 0.168. The summed E-state index contributed by atoms with van der Waals surface area (Å²) in [7, 11) is 0. The predicted molar refractivity (Wildman–Crippen MR) is 206 cm³/mol. The van der Waals surface area contributed by atoms with Gasteiger partial charge in [0.1, 0.15) is 17.2 Å². The smallest absolute Gasteiger partial charge is 0.222 e. The van der Waals surface area contributed by atoms with Gasteiger partial charge in [0.15, 0.2) is 0 Å². The van der Waals surface area contributed by atoms with Crippen LogP contribution in [0.1, 0.15) is 170 Å². The van der Waals surface area contributed by atoms with Gasteiger partial charge in [0, 0.05) is 12.8 Å². The number of rotatable bonds is 12. The second kappa shape index (κ2) is 15.5. The standard InChI is InChI=1S/C43H70N2O4/c1-27(2)21-28(3)26-43(16,44-35(46)19-17-29-22-31(39(4,5)6)37(48)32(23-29)40(7,8)9)45-36(47)20-18-30-24-33(41(10,11)12)38(49)34(25-30)42(13,14)15/h22-25,27-28,48-49H,17-21,26H2,1-16H3,(H,44,46)(H,45,47). The topological polar surface area (TPSA) is 98.7 Å². The van der Waals surface area contributed by atoms with E-state index in [0.29, 0.717) is 36.7 Å². The van der Waals surface area contributed by atoms with Crippen molar-refractivity contribution in [3.8, 4) is 11.5 Å². The molecule has 4 N–H and O–H groups in total. The Balaban J connectivity index is 2.30. The van der Waals surface area contributed by atoms with Crippen LogP contribution in [0.4, 0.5) is 0 Å². The van der Waals surface area contributed by atoms with E-state index in [2.05, 4.69) is 114 Å². The fraction of sp³-hybridized carbons (Fsp3) is 0.674. The molecule has 0 aliphatic rings. The molecule has 1 unspecified atom stereocenters. The van der Waals surface area contributed by atoms with Crippen molar-refractivity contribution in [2.45, 2.75) is 177 Å². The van der Waals surface area contributed by atoms with Crippen molar-refractivity contribution in [3.05, 3.63) is 57.6 Å². The Labute approximate surface area is 299 Å². The molecule has 0 fully saturated rings. The van der Waals surface area contributed by atoms with Crippen molar-refractivity contribution in [1.29, 1.82) is 0 Å². The molecule has 2 rings (SSSR count). The molecule has 2 aromatic carbocycles. The summed E-state index contributed by atoms with van der Waals surface area (Å²) in [5.41, 5.74) is 3.65. The minimum atomic E-state index is -0.910. The van der Waals surface area contributed by atoms with Gasteiger partial charge in [0.2, 0.25) is 11.8 Å². The number of phenols is 2. The molecule has 2 aromatic rings. The molecule has 0 spiro atoms. The van der Waals surface area contributed by atoms with E-state index in [1.807, 2.05) is 31.2 Å². The Morgan fingerprint density at radius 3 is 1.10 bits per heavy atom. The molecular weight excluding hydrogens is 608 g/mol. The minimum Gasteiger partial charge on any atom is -0.507 e. The Kier molecular flexibility index (Phi) is 13.3. The van der Waals surface area contributed by atoms with Crippen LogP contribution in [0.25, 0.3) is 0 Å². The third-order valence-corrected chi connectivity index (χ3v) is 9.31. The van der Waals surface area contributed by atoms with Gasteiger partial charge in [-0.15, -0.1) is 0 Å². The van der Waals surface area contributed by atoms with E-state index in [1.54, 1.807) is 0 Å². The van der Waals surface area contributed by atoms with E-state index in [4.69, 9.17) is 0 Å². The molecule has 6 heteroatoms. The summed E-state index contributed by atoms with van der Waals surface area (Å²) in [6.07, 6.45) is 3.18. The van der Waals surface area contributed by atoms with Gasteiger partial charge in [0.05, 0.1) is 0 Å². The van der Waals surface area contributed by atoms with Crippen LogP contribution in [0.5, 0.6) is 11.5 Å². The average Bonchev–Trinajstić information content (AvgIpc) is 2.88. The van der Waals surface area contributed by atoms with Gasteiger partial charge in [-0.25, -0.2) is 0 Å². The zero-order chi connectivity index (χ0) is 37.9. The normalized spacial score (nSPS) is 13.8. The lowest BCUT2D eigenvalue weighted by Gasteiger charge is -2.35. The van der Waals surface area contributed by atoms with Crippen LogP contribution in [-0.4, -0.2) is 27.7 Å². The van der Waals surface area contributed by atoms with Gasteiger partial charge in [-0.2, -0.15) is 0 Å². The first-order valence-corrected chi connectivity index (χ1v) is 18.4. The van der Waals surface area contributed by atoms with Gasteiger partial charge in [-0.1, -0.05) is 128 Å². The average molecular weight is 679 g/mol. The van der Waals surface area contributed by atoms with Crippen molar-refractivity contribution in [2.75, 3.05) is 0 Å². The molecule has 0 heterocycles. The molecule has 1 atom stereocenters. The highest BCUT2D eigenvalue weighted by molar-refractivity contribution is 5.80. The number of amides is 2. The number of aromatic hydroxyl groups is 2. The SMILES string of the molecule is CC(C)CC(C)CC(C)(NC(=O)CCc1cc(C(C)(C)C)c(O)c(C(C)(C)C)c1)NC(=O)CCc1cc(C(C)(C)C)c(O)c(C(C)(C)C)c1. The first kappa shape index (κ1) is 42.1. The van der Waals surface area contributed by atoms with Crippen LogP contribution in [0.15, 0.2) is 24.3 Å². The third kappa shape index (κ3) is 12.4. The van der Waals surface area contributed by atoms with Crippen LogP contribution in [0.2, 0.25) is 0 Å². The van der Waals surface area contributed by atoms with Crippen LogP contribution >= 0.6 is 0 Å². The summed E-state index contributed by atoms with van der Waals surface area (Å²) in [4.78, 5) is 27.2. The number of phenolic OH excluding ortho intramolecular Hbond substituents is 2. The highest BCUT2D eigenvalue weighted by Crippen LogP contribution is 2.41. The third-order valence-electron chi connectivity index (χ3n) is 9.31. The van der Waals surface area contributed by atoms with Gasteiger partial charge in [-0.05, 0) is 99.5 Å². The van der Waals surface area contributed by atoms with Crippen molar-refractivity contribution < 1.29 is 19.8 Å². The maximum Gasteiger partial charge on any atom is 0.222 e. The molecule has 0 bridgehead atoms. The van der Waals surface area contributed by atoms with E-state index >= 15 is 0 Å². The number of hydrogen-bond acceptors (Lipinski definition) is 4. The lowest BCUT2D eigenvalue weighted by molar-refractivity contribution is -0.127. The van der Waals surface area contributed by atoms with Crippen molar-refractivity contribution in [1.82, 2.24) is 10.6 Å². The molecule has 0 aliphatic carbocycles. The molecule has 0 saturated heterocycles. The van der Waals surface area contributed by atoms with Crippen molar-refractivity contribution >= 4 is 11.8 Å². The van der Waals surface area contributed by atoms with Crippen LogP contribution in [0.3, 0.4) is 0 Å². The van der Waals surface area contributed by atoms with E-state index in [1.165, 1.54) is 0 Å². The van der Waals surface area contributed by atoms with Crippen molar-refractivity contribution in [2.24, 2.45) is 11.8 Å². The number of carbonyl (C=O) groups excluding carboxylic acids is 2. The molecule has 49 heavy (non-hydrogen) atoms. The second-order valence-electron chi connectivity index (χ2n) is 19.4. The largest absolute Gasteiger partial charge is 0.507 e. The molecule has 0 radical (unpaired) electrons. The molecular formula is C43H70N2O4. The molecule has 276 valence electrons. The van der Waals surface area contributed by atoms with Gasteiger partial charge in [0.25, 0.3) is 0 Å². The molecule has 0 saturated carbocycles. The maximum absolute atomic E-state index is 13.6. The van der Waals surface area contributed by atoms with Crippen molar-refractivity contribution in [3.63, 3.8) is 0 Å². The number of nitrogens with one attached hydrogen (secondary N) is 2. The Bertz CT molecular complexity index is 1290. The second-order valence-corrected chi connectivity index (χ2v) is 19.4. The van der Waals surface area contributed by atoms with Gasteiger partial charge < -0.3 is 20.8 Å². The number of carbonyl (C=O) groups is 2. The van der Waals surface area contributed by atoms with E-state index in [9.17, 15) is 19.8 Å². The summed E-state index contributed by atoms with van der Waals surface area (Å²) < 4.78 is 0. The molecule has 0 aliphatic heterocycles. The fourth-order valence-corrected chi connectivity index (χ4v) is 6.94. The maximum atomic E-state index is 13.6. The van der Waals surface area contributed by atoms with E-state index in [-0.39, 0.29) is 52.2 Å². The molecule has 2 amide bonds. The Morgan fingerprint density at radius 2 is 0.857 bits per heavy atom. The lowest BCUT2D eigenvalue weighted by atomic mass is 9.78. The molecule has 6 nitrogen and oxygen atoms in total. The first-order valence-electron chi connectivity index (χ1n) is 18.4. The number of benzene rings is 2. The monoisotopic (exact) mass is 679 g/mol. The van der Waals surface area contributed by atoms with E-state index in [0.717, 1.165) is 39.8 Å². The van der Waals surface area contributed by atoms with E-state index < -0.39 is 5.66 Å². The summed E-state index contributed by atoms with van der Waals surface area (Å²) in [5, 5.41) is 28.7. The Morgan fingerprint density at radius 1 is 0.571 bits per heavy atom. The van der Waals surface area contributed by atoms with Gasteiger partial charge >= 0.3 is 0 Å². The highest BCUT2D eigenvalue weighted by atomic mass is 16.3. The Hall–Kier alpha value is -3.02. The zero-order valence-electron chi connectivity index (χ0n) is 33.9. The number of hydrogen-bond donors (Lipinski definition) is 4. The number of aryl methyl sites for hydroxylation is 2. The summed E-state index contributed by atoms with van der Waals surface area (Å²) in [5.74, 6) is 1.21. The summed E-state index contributed by atoms with van der Waals surface area (Å²) >= 11 is 0. The van der Waals surface area contributed by atoms with Crippen LogP contribution in [-0.2, 0) is 44.1 Å². The fourth-order valence-electron chi connectivity index (χ4n) is 6.94. The summed E-state index contributed by atoms with van der Waals surface area (Å²) in [6.45, 7) is 33.5. The zero-order valence-corrected chi connectivity index (χ0v) is 33.9. The first-order chi connectivity index (χ1) is 22.0. The summed E-state index contributed by atoms with van der Waals surface area (Å²) in [6, 6.07) is 8.12. The van der Waals surface area contributed by atoms with Gasteiger partial charge in [-0.3, -0.25) is 9.59 Å². The van der Waals surface area contributed by atoms with Crippen LogP contribution in [0, 0.1) is 11.8 Å². The molecule has 0 aromatic heterocycles. The lowest BCUT2D eigenvalue weighted by Crippen LogP contribution is -2.59. The predicted octanol–water partition coefficient (Wildman–Crippen LogP) is 9.87. The minimum absolute atomic E-state index is 0.120.